The number of hydrogen-bond acceptors (Lipinski definition) is 0. The number of rotatable bonds is 8. The summed E-state index contributed by atoms with van der Waals surface area (Å²) in [6.45, 7) is 0. The predicted octanol–water partition coefficient (Wildman–Crippen LogP) is 14.0. The third-order valence-corrected chi connectivity index (χ3v) is 19.5. The van der Waals surface area contributed by atoms with Gasteiger partial charge in [0.2, 0.25) is 0 Å². The van der Waals surface area contributed by atoms with E-state index in [1.54, 1.807) is 0 Å². The van der Waals surface area contributed by atoms with Gasteiger partial charge in [0.1, 0.15) is 0 Å². The van der Waals surface area contributed by atoms with Crippen LogP contribution in [0.4, 0.5) is 0 Å². The smallest absolute Gasteiger partial charge is 0.179 e. The van der Waals surface area contributed by atoms with Crippen LogP contribution in [0.3, 0.4) is 0 Å². The third-order valence-electron chi connectivity index (χ3n) is 14.8. The topological polar surface area (TPSA) is 14.8 Å². The molecule has 0 saturated carbocycles. The lowest BCUT2D eigenvalue weighted by molar-refractivity contribution is 1.13. The normalized spacial score (nSPS) is 12.0. The lowest BCUT2D eigenvalue weighted by Gasteiger charge is -2.34. The number of fused-ring (bicyclic) bond motifs is 9. The standard InChI is InChI=1S/C66H45N3Si/c1-5-23-46(24-6-1)67-61-42-18-15-35-58(61)64-54(36-21-43-62(64)67)57-38-20-37-55-52-33-14-17-41-60(52)69(65(55)57)63-44-22-39-56-53-34-13-16-40-59(53)68(66(56)63)47-25-19-32-51(45-47)70(48-26-7-2-8-27-48,49-28-9-3-10-29-49)50-30-11-4-12-31-50/h1-45H. The van der Waals surface area contributed by atoms with Crippen LogP contribution in [0.2, 0.25) is 0 Å². The molecule has 0 aliphatic carbocycles. The first-order valence-electron chi connectivity index (χ1n) is 24.2. The summed E-state index contributed by atoms with van der Waals surface area (Å²) in [5, 5.41) is 12.8. The Kier molecular flexibility index (Phi) is 9.23. The summed E-state index contributed by atoms with van der Waals surface area (Å²) in [6.07, 6.45) is 0. The second kappa shape index (κ2) is 16.1. The first-order chi connectivity index (χ1) is 34.8. The lowest BCUT2D eigenvalue weighted by atomic mass is 9.97. The maximum Gasteiger partial charge on any atom is 0.179 e. The van der Waals surface area contributed by atoms with E-state index in [9.17, 15) is 0 Å². The Hall–Kier alpha value is -8.96. The van der Waals surface area contributed by atoms with Crippen LogP contribution in [0.25, 0.3) is 93.6 Å². The summed E-state index contributed by atoms with van der Waals surface area (Å²) >= 11 is 0. The van der Waals surface area contributed by atoms with E-state index in [4.69, 9.17) is 0 Å². The number of aromatic nitrogens is 3. The van der Waals surface area contributed by atoms with Crippen molar-refractivity contribution in [2.24, 2.45) is 0 Å². The summed E-state index contributed by atoms with van der Waals surface area (Å²) in [5.74, 6) is 0. The van der Waals surface area contributed by atoms with Gasteiger partial charge in [0.15, 0.2) is 8.07 Å². The maximum atomic E-state index is 2.56. The second-order valence-electron chi connectivity index (χ2n) is 18.4. The van der Waals surface area contributed by atoms with Gasteiger partial charge in [0, 0.05) is 49.3 Å². The predicted molar refractivity (Wildman–Crippen MR) is 299 cm³/mol. The fourth-order valence-electron chi connectivity index (χ4n) is 12.0. The maximum absolute atomic E-state index is 2.85. The molecule has 0 radical (unpaired) electrons. The van der Waals surface area contributed by atoms with E-state index in [2.05, 4.69) is 287 Å². The average Bonchev–Trinajstić information content (AvgIpc) is 4.09. The Balaban J connectivity index is 1.08. The second-order valence-corrected chi connectivity index (χ2v) is 22.2. The van der Waals surface area contributed by atoms with Gasteiger partial charge >= 0.3 is 0 Å². The molecule has 0 saturated heterocycles. The van der Waals surface area contributed by atoms with Crippen LogP contribution in [0, 0.1) is 0 Å². The van der Waals surface area contributed by atoms with Crippen molar-refractivity contribution >= 4 is 94.2 Å². The van der Waals surface area contributed by atoms with Gasteiger partial charge in [-0.1, -0.05) is 218 Å². The highest BCUT2D eigenvalue weighted by molar-refractivity contribution is 7.19. The molecule has 0 spiro atoms. The van der Waals surface area contributed by atoms with Gasteiger partial charge in [-0.3, -0.25) is 0 Å². The molecule has 0 amide bonds. The average molecular weight is 908 g/mol. The highest BCUT2D eigenvalue weighted by Crippen LogP contribution is 2.45. The van der Waals surface area contributed by atoms with Gasteiger partial charge in [-0.05, 0) is 80.9 Å². The molecule has 0 unspecified atom stereocenters. The quantitative estimate of drug-likeness (QED) is 0.107. The van der Waals surface area contributed by atoms with Gasteiger partial charge in [-0.2, -0.15) is 0 Å². The minimum absolute atomic E-state index is 1.13. The first-order valence-corrected chi connectivity index (χ1v) is 26.2. The van der Waals surface area contributed by atoms with Crippen molar-refractivity contribution in [2.45, 2.75) is 0 Å². The molecule has 14 rings (SSSR count). The zero-order valence-electron chi connectivity index (χ0n) is 38.3. The molecule has 0 atom stereocenters. The molecule has 0 fully saturated rings. The molecule has 0 bridgehead atoms. The van der Waals surface area contributed by atoms with Gasteiger partial charge in [-0.25, -0.2) is 0 Å². The van der Waals surface area contributed by atoms with E-state index in [0.29, 0.717) is 0 Å². The van der Waals surface area contributed by atoms with Crippen molar-refractivity contribution < 1.29 is 0 Å². The van der Waals surface area contributed by atoms with Gasteiger partial charge < -0.3 is 13.7 Å². The van der Waals surface area contributed by atoms with Crippen LogP contribution in [-0.4, -0.2) is 21.8 Å². The minimum atomic E-state index is -2.85. The third kappa shape index (κ3) is 5.87. The van der Waals surface area contributed by atoms with E-state index in [0.717, 1.165) is 17.1 Å². The number of para-hydroxylation sites is 6. The molecule has 0 aliphatic heterocycles. The van der Waals surface area contributed by atoms with E-state index in [1.165, 1.54) is 97.3 Å². The zero-order chi connectivity index (χ0) is 46.2. The van der Waals surface area contributed by atoms with Gasteiger partial charge in [0.25, 0.3) is 0 Å². The number of benzene rings is 11. The number of nitrogens with zero attached hydrogens (tertiary/aromatic N) is 3. The summed E-state index contributed by atoms with van der Waals surface area (Å²) in [7, 11) is -2.85. The summed E-state index contributed by atoms with van der Waals surface area (Å²) in [4.78, 5) is 0. The highest BCUT2D eigenvalue weighted by atomic mass is 28.3. The van der Waals surface area contributed by atoms with Crippen LogP contribution < -0.4 is 20.7 Å². The summed E-state index contributed by atoms with van der Waals surface area (Å²) in [6, 6.07) is 101. The Morgan fingerprint density at radius 1 is 0.243 bits per heavy atom. The summed E-state index contributed by atoms with van der Waals surface area (Å²) in [5.41, 5.74) is 12.9. The van der Waals surface area contributed by atoms with E-state index >= 15 is 0 Å². The minimum Gasteiger partial charge on any atom is -0.309 e. The molecule has 14 aromatic rings. The summed E-state index contributed by atoms with van der Waals surface area (Å²) < 4.78 is 7.52. The molecule has 4 heteroatoms. The molecular weight excluding hydrogens is 863 g/mol. The fraction of sp³-hybridized carbons (Fsp3) is 0. The largest absolute Gasteiger partial charge is 0.309 e. The first kappa shape index (κ1) is 40.1. The van der Waals surface area contributed by atoms with Crippen molar-refractivity contribution in [3.8, 4) is 28.2 Å². The van der Waals surface area contributed by atoms with Crippen LogP contribution in [0.1, 0.15) is 0 Å². The van der Waals surface area contributed by atoms with Crippen LogP contribution >= 0.6 is 0 Å². The SMILES string of the molecule is c1ccc(-n2c3ccccc3c3c(-c4cccc5c6ccccc6n(-c6cccc7c8ccccc8n(-c8cccc([Si](c9ccccc9)(c9ccccc9)c9ccccc9)c8)c67)c45)cccc32)cc1. The van der Waals surface area contributed by atoms with Crippen molar-refractivity contribution in [3.05, 3.63) is 273 Å². The monoisotopic (exact) mass is 907 g/mol. The Morgan fingerprint density at radius 3 is 1.29 bits per heavy atom. The van der Waals surface area contributed by atoms with Crippen LogP contribution in [0.15, 0.2) is 273 Å². The Morgan fingerprint density at radius 2 is 0.657 bits per heavy atom. The van der Waals surface area contributed by atoms with E-state index in [1.807, 2.05) is 0 Å². The van der Waals surface area contributed by atoms with Crippen molar-refractivity contribution in [1.29, 1.82) is 0 Å². The molecule has 3 nitrogen and oxygen atoms in total. The molecule has 11 aromatic carbocycles. The zero-order valence-corrected chi connectivity index (χ0v) is 39.3. The molecule has 0 N–H and O–H groups in total. The van der Waals surface area contributed by atoms with Crippen LogP contribution in [-0.2, 0) is 0 Å². The van der Waals surface area contributed by atoms with Gasteiger partial charge in [-0.15, -0.1) is 0 Å². The molecular formula is C66H45N3Si. The van der Waals surface area contributed by atoms with Gasteiger partial charge in [0.05, 0.1) is 38.8 Å². The Labute approximate surface area is 407 Å². The highest BCUT2D eigenvalue weighted by Gasteiger charge is 2.41. The molecule has 70 heavy (non-hydrogen) atoms. The molecule has 328 valence electrons. The molecule has 3 aromatic heterocycles. The Bertz CT molecular complexity index is 4180. The molecule has 0 aliphatic rings. The fourth-order valence-corrected chi connectivity index (χ4v) is 16.8. The van der Waals surface area contributed by atoms with E-state index < -0.39 is 8.07 Å². The molecule has 3 heterocycles. The lowest BCUT2D eigenvalue weighted by Crippen LogP contribution is -2.74. The number of hydrogen-bond donors (Lipinski definition) is 0. The van der Waals surface area contributed by atoms with Crippen molar-refractivity contribution in [3.63, 3.8) is 0 Å². The van der Waals surface area contributed by atoms with Crippen LogP contribution in [0.5, 0.6) is 0 Å². The van der Waals surface area contributed by atoms with Crippen molar-refractivity contribution in [1.82, 2.24) is 13.7 Å². The van der Waals surface area contributed by atoms with Crippen molar-refractivity contribution in [2.75, 3.05) is 0 Å². The van der Waals surface area contributed by atoms with E-state index in [-0.39, 0.29) is 0 Å².